The van der Waals surface area contributed by atoms with Crippen molar-refractivity contribution in [3.05, 3.63) is 134 Å². The fourth-order valence-electron chi connectivity index (χ4n) is 8.65. The average molecular weight is 1090 g/mol. The van der Waals surface area contributed by atoms with Crippen LogP contribution in [-0.4, -0.2) is 140 Å². The number of hydrogen-bond donors (Lipinski definition) is 9. The van der Waals surface area contributed by atoms with Gasteiger partial charge in [0.25, 0.3) is 0 Å². The minimum atomic E-state index is -1.79. The zero-order valence-electron chi connectivity index (χ0n) is 47.3. The number of allylic oxidation sites excluding steroid dienone is 22. The lowest BCUT2D eigenvalue weighted by Crippen LogP contribution is -2.65. The van der Waals surface area contributed by atoms with Crippen molar-refractivity contribution in [2.45, 2.75) is 242 Å². The summed E-state index contributed by atoms with van der Waals surface area (Å²) in [6.45, 7) is 2.63. The maximum absolute atomic E-state index is 13.2. The van der Waals surface area contributed by atoms with Crippen LogP contribution in [0.2, 0.25) is 0 Å². The normalized spacial score (nSPS) is 25.6. The van der Waals surface area contributed by atoms with E-state index in [1.54, 1.807) is 0 Å². The second kappa shape index (κ2) is 47.9. The van der Waals surface area contributed by atoms with Gasteiger partial charge in [0.05, 0.1) is 32.0 Å². The van der Waals surface area contributed by atoms with Crippen LogP contribution in [0.15, 0.2) is 134 Å². The SMILES string of the molecule is CC/C=C\C/C=C\C/C=C\C/C=C\C/C=C\C/C=C\C/C=C\C/C=C\C/C=C\C/C=C\C/C=C\CCCCCC(=O)NC(COC1OC(CO)C(OC2OC(CO)C(O)C(O)C2O)C(O)C1O)C(O)CCCCCCCCC. The summed E-state index contributed by atoms with van der Waals surface area (Å²) < 4.78 is 22.7. The van der Waals surface area contributed by atoms with E-state index in [9.17, 15) is 45.6 Å². The molecule has 12 atom stereocenters. The van der Waals surface area contributed by atoms with Crippen molar-refractivity contribution in [2.75, 3.05) is 19.8 Å². The number of amides is 1. The Hall–Kier alpha value is -3.87. The number of aliphatic hydroxyl groups is 8. The van der Waals surface area contributed by atoms with E-state index in [1.165, 1.54) is 12.8 Å². The lowest BCUT2D eigenvalue weighted by molar-refractivity contribution is -0.359. The Labute approximate surface area is 469 Å². The molecular formula is C64H103NO13. The fourth-order valence-corrected chi connectivity index (χ4v) is 8.65. The maximum atomic E-state index is 13.2. The zero-order valence-corrected chi connectivity index (χ0v) is 47.3. The van der Waals surface area contributed by atoms with E-state index >= 15 is 0 Å². The van der Waals surface area contributed by atoms with Crippen LogP contribution < -0.4 is 5.32 Å². The molecule has 9 N–H and O–H groups in total. The molecule has 0 spiro atoms. The Morgan fingerprint density at radius 2 is 0.885 bits per heavy atom. The van der Waals surface area contributed by atoms with Crippen LogP contribution in [0.1, 0.15) is 168 Å². The average Bonchev–Trinajstić information content (AvgIpc) is 3.47. The number of hydrogen-bond acceptors (Lipinski definition) is 13. The highest BCUT2D eigenvalue weighted by Crippen LogP contribution is 2.30. The number of carbonyl (C=O) groups is 1. The molecule has 2 aliphatic heterocycles. The number of rotatable bonds is 44. The van der Waals surface area contributed by atoms with Gasteiger partial charge in [-0.05, 0) is 96.3 Å². The molecule has 14 heteroatoms. The summed E-state index contributed by atoms with van der Waals surface area (Å²) in [4.78, 5) is 13.2. The lowest BCUT2D eigenvalue weighted by Gasteiger charge is -2.46. The molecule has 2 fully saturated rings. The van der Waals surface area contributed by atoms with Gasteiger partial charge in [-0.15, -0.1) is 0 Å². The van der Waals surface area contributed by atoms with E-state index in [-0.39, 0.29) is 18.9 Å². The Balaban J connectivity index is 1.63. The maximum Gasteiger partial charge on any atom is 0.220 e. The van der Waals surface area contributed by atoms with Gasteiger partial charge in [-0.2, -0.15) is 0 Å². The summed E-state index contributed by atoms with van der Waals surface area (Å²) in [6.07, 6.45) is 53.6. The number of ether oxygens (including phenoxy) is 4. The van der Waals surface area contributed by atoms with Gasteiger partial charge in [0, 0.05) is 6.42 Å². The number of aliphatic hydroxyl groups excluding tert-OH is 8. The monoisotopic (exact) mass is 1090 g/mol. The zero-order chi connectivity index (χ0) is 56.7. The van der Waals surface area contributed by atoms with Gasteiger partial charge in [0.1, 0.15) is 48.8 Å². The van der Waals surface area contributed by atoms with E-state index in [4.69, 9.17) is 18.9 Å². The first-order valence-electron chi connectivity index (χ1n) is 29.4. The first-order chi connectivity index (χ1) is 38.1. The van der Waals surface area contributed by atoms with Gasteiger partial charge in [0.2, 0.25) is 5.91 Å². The quantitative estimate of drug-likeness (QED) is 0.0205. The van der Waals surface area contributed by atoms with Crippen LogP contribution in [-0.2, 0) is 23.7 Å². The first-order valence-corrected chi connectivity index (χ1v) is 29.4. The molecule has 78 heavy (non-hydrogen) atoms. The molecule has 0 aromatic carbocycles. The van der Waals surface area contributed by atoms with Crippen LogP contribution in [0, 0.1) is 0 Å². The highest BCUT2D eigenvalue weighted by Gasteiger charge is 2.51. The molecule has 12 unspecified atom stereocenters. The van der Waals surface area contributed by atoms with E-state index in [1.807, 2.05) is 0 Å². The van der Waals surface area contributed by atoms with Crippen LogP contribution in [0.3, 0.4) is 0 Å². The molecule has 2 heterocycles. The van der Waals surface area contributed by atoms with Crippen molar-refractivity contribution in [3.63, 3.8) is 0 Å². The number of unbranched alkanes of at least 4 members (excludes halogenated alkanes) is 9. The van der Waals surface area contributed by atoms with E-state index < -0.39 is 86.8 Å². The highest BCUT2D eigenvalue weighted by molar-refractivity contribution is 5.76. The summed E-state index contributed by atoms with van der Waals surface area (Å²) in [5, 5.41) is 86.7. The molecule has 14 nitrogen and oxygen atoms in total. The van der Waals surface area contributed by atoms with E-state index in [0.717, 1.165) is 122 Å². The molecule has 2 saturated heterocycles. The Morgan fingerprint density at radius 3 is 1.35 bits per heavy atom. The van der Waals surface area contributed by atoms with Crippen LogP contribution >= 0.6 is 0 Å². The van der Waals surface area contributed by atoms with Crippen LogP contribution in [0.25, 0.3) is 0 Å². The predicted octanol–water partition coefficient (Wildman–Crippen LogP) is 9.99. The summed E-state index contributed by atoms with van der Waals surface area (Å²) in [5.74, 6) is -0.250. The molecule has 0 radical (unpaired) electrons. The minimum absolute atomic E-state index is 0.250. The largest absolute Gasteiger partial charge is 0.394 e. The standard InChI is InChI=1S/C64H103NO13/c1-3-5-7-9-11-12-13-14-15-16-17-18-19-20-21-22-23-24-25-26-27-28-29-30-31-32-33-34-35-36-37-38-39-40-42-44-46-48-56(69)65-52(53(68)47-45-43-41-10-8-6-4-2)51-75-63-61(74)59(72)62(55(50-67)77-63)78-64-60(73)58(71)57(70)54(49-66)76-64/h5,7,11-12,14-15,17-18,20-21,23-24,26-27,29-30,32-33,35-36,38-39,52-55,57-64,66-68,70-74H,3-4,6,8-10,13,16,19,22,25,28,31,34,37,40-51H2,1-2H3,(H,65,69)/b7-5-,12-11-,15-14-,18-17-,21-20-,24-23-,27-26-,30-29-,33-32-,36-35-,39-38-. The summed E-state index contributed by atoms with van der Waals surface area (Å²) in [6, 6.07) is -0.854. The highest BCUT2D eigenvalue weighted by atomic mass is 16.7. The molecule has 0 bridgehead atoms. The van der Waals surface area contributed by atoms with Gasteiger partial charge >= 0.3 is 0 Å². The second-order valence-corrected chi connectivity index (χ2v) is 20.0. The second-order valence-electron chi connectivity index (χ2n) is 20.0. The Kier molecular flexibility index (Phi) is 43.1. The van der Waals surface area contributed by atoms with E-state index in [0.29, 0.717) is 12.8 Å². The van der Waals surface area contributed by atoms with Crippen molar-refractivity contribution in [1.29, 1.82) is 0 Å². The molecule has 2 aliphatic rings. The van der Waals surface area contributed by atoms with Crippen molar-refractivity contribution in [1.82, 2.24) is 5.32 Å². The molecule has 0 saturated carbocycles. The molecule has 0 aromatic heterocycles. The van der Waals surface area contributed by atoms with Crippen molar-refractivity contribution < 1.29 is 64.6 Å². The van der Waals surface area contributed by atoms with Crippen molar-refractivity contribution >= 4 is 5.91 Å². The molecular weight excluding hydrogens is 991 g/mol. The molecule has 442 valence electrons. The summed E-state index contributed by atoms with van der Waals surface area (Å²) in [5.41, 5.74) is 0. The van der Waals surface area contributed by atoms with Crippen molar-refractivity contribution in [3.8, 4) is 0 Å². The van der Waals surface area contributed by atoms with E-state index in [2.05, 4.69) is 153 Å². The van der Waals surface area contributed by atoms with Crippen LogP contribution in [0.4, 0.5) is 0 Å². The minimum Gasteiger partial charge on any atom is -0.394 e. The summed E-state index contributed by atoms with van der Waals surface area (Å²) >= 11 is 0. The third-order valence-electron chi connectivity index (χ3n) is 13.4. The molecule has 2 rings (SSSR count). The third-order valence-corrected chi connectivity index (χ3v) is 13.4. The van der Waals surface area contributed by atoms with Gasteiger partial charge in [-0.25, -0.2) is 0 Å². The Bertz CT molecular complexity index is 1820. The smallest absolute Gasteiger partial charge is 0.220 e. The summed E-state index contributed by atoms with van der Waals surface area (Å²) in [7, 11) is 0. The molecule has 0 aromatic rings. The third kappa shape index (κ3) is 33.0. The first kappa shape index (κ1) is 70.2. The lowest BCUT2D eigenvalue weighted by atomic mass is 9.97. The van der Waals surface area contributed by atoms with Gasteiger partial charge in [-0.1, -0.05) is 199 Å². The van der Waals surface area contributed by atoms with Crippen LogP contribution in [0.5, 0.6) is 0 Å². The van der Waals surface area contributed by atoms with Gasteiger partial charge in [-0.3, -0.25) is 4.79 Å². The molecule has 0 aliphatic carbocycles. The van der Waals surface area contributed by atoms with Gasteiger partial charge < -0.3 is 65.1 Å². The predicted molar refractivity (Wildman–Crippen MR) is 313 cm³/mol. The number of nitrogens with one attached hydrogen (secondary N) is 1. The number of carbonyl (C=O) groups excluding carboxylic acids is 1. The fraction of sp³-hybridized carbons (Fsp3) is 0.641. The van der Waals surface area contributed by atoms with Crippen molar-refractivity contribution in [2.24, 2.45) is 0 Å². The van der Waals surface area contributed by atoms with Gasteiger partial charge in [0.15, 0.2) is 12.6 Å². The Morgan fingerprint density at radius 1 is 0.474 bits per heavy atom. The molecule has 1 amide bonds. The topological polar surface area (TPSA) is 228 Å².